The minimum atomic E-state index is -0.0582. The van der Waals surface area contributed by atoms with Crippen molar-refractivity contribution < 1.29 is 14.3 Å². The quantitative estimate of drug-likeness (QED) is 0.846. The molecule has 2 heterocycles. The van der Waals surface area contributed by atoms with Crippen LogP contribution in [0.3, 0.4) is 0 Å². The highest BCUT2D eigenvalue weighted by Crippen LogP contribution is 2.38. The van der Waals surface area contributed by atoms with Crippen LogP contribution >= 0.6 is 11.6 Å². The second kappa shape index (κ2) is 7.09. The number of hydrogen-bond acceptors (Lipinski definition) is 4. The monoisotopic (exact) mass is 346 g/mol. The van der Waals surface area contributed by atoms with Crippen LogP contribution in [0.5, 0.6) is 11.5 Å². The molecule has 126 valence electrons. The summed E-state index contributed by atoms with van der Waals surface area (Å²) in [5.74, 6) is 0.827. The second-order valence-corrected chi connectivity index (χ2v) is 6.04. The molecule has 1 fully saturated rings. The van der Waals surface area contributed by atoms with Crippen molar-refractivity contribution in [3.8, 4) is 11.5 Å². The SMILES string of the molecule is COc1cc(C(=O)N2CCCC2c2ccncc2)cc(Cl)c1OC. The molecule has 0 spiro atoms. The zero-order valence-corrected chi connectivity index (χ0v) is 14.4. The molecule has 6 heteroatoms. The molecular formula is C18H19ClN2O3. The number of aromatic nitrogens is 1. The molecular weight excluding hydrogens is 328 g/mol. The molecule has 2 aromatic rings. The van der Waals surface area contributed by atoms with Gasteiger partial charge in [-0.1, -0.05) is 11.6 Å². The van der Waals surface area contributed by atoms with Crippen molar-refractivity contribution in [3.05, 3.63) is 52.8 Å². The molecule has 24 heavy (non-hydrogen) atoms. The fraction of sp³-hybridized carbons (Fsp3) is 0.333. The van der Waals surface area contributed by atoms with Crippen LogP contribution in [0.4, 0.5) is 0 Å². The van der Waals surface area contributed by atoms with Crippen LogP contribution in [0.25, 0.3) is 0 Å². The number of ether oxygens (including phenoxy) is 2. The summed E-state index contributed by atoms with van der Waals surface area (Å²) < 4.78 is 10.5. The second-order valence-electron chi connectivity index (χ2n) is 5.63. The Morgan fingerprint density at radius 1 is 1.25 bits per heavy atom. The Morgan fingerprint density at radius 3 is 2.67 bits per heavy atom. The number of pyridine rings is 1. The van der Waals surface area contributed by atoms with Crippen molar-refractivity contribution in [2.75, 3.05) is 20.8 Å². The van der Waals surface area contributed by atoms with Gasteiger partial charge in [0.25, 0.3) is 5.91 Å². The maximum atomic E-state index is 13.0. The first-order chi connectivity index (χ1) is 11.7. The van der Waals surface area contributed by atoms with E-state index < -0.39 is 0 Å². The van der Waals surface area contributed by atoms with Crippen molar-refractivity contribution in [2.24, 2.45) is 0 Å². The van der Waals surface area contributed by atoms with Gasteiger partial charge in [0.2, 0.25) is 0 Å². The van der Waals surface area contributed by atoms with Gasteiger partial charge in [0.1, 0.15) is 0 Å². The van der Waals surface area contributed by atoms with E-state index in [0.29, 0.717) is 22.1 Å². The summed E-state index contributed by atoms with van der Waals surface area (Å²) in [5, 5.41) is 0.361. The summed E-state index contributed by atoms with van der Waals surface area (Å²) in [6, 6.07) is 7.28. The van der Waals surface area contributed by atoms with E-state index >= 15 is 0 Å². The molecule has 1 aromatic carbocycles. The minimum Gasteiger partial charge on any atom is -0.493 e. The topological polar surface area (TPSA) is 51.7 Å². The number of halogens is 1. The van der Waals surface area contributed by atoms with Crippen LogP contribution in [0.2, 0.25) is 5.02 Å². The average molecular weight is 347 g/mol. The Labute approximate surface area is 146 Å². The standard InChI is InChI=1S/C18H19ClN2O3/c1-23-16-11-13(10-14(19)17(16)24-2)18(22)21-9-3-4-15(21)12-5-7-20-8-6-12/h5-8,10-11,15H,3-4,9H2,1-2H3. The van der Waals surface area contributed by atoms with Crippen molar-refractivity contribution >= 4 is 17.5 Å². The molecule has 0 N–H and O–H groups in total. The van der Waals surface area contributed by atoms with Crippen molar-refractivity contribution in [3.63, 3.8) is 0 Å². The van der Waals surface area contributed by atoms with Gasteiger partial charge in [-0.15, -0.1) is 0 Å². The zero-order chi connectivity index (χ0) is 17.1. The van der Waals surface area contributed by atoms with Gasteiger partial charge in [0.15, 0.2) is 11.5 Å². The highest BCUT2D eigenvalue weighted by atomic mass is 35.5. The lowest BCUT2D eigenvalue weighted by Gasteiger charge is -2.25. The number of hydrogen-bond donors (Lipinski definition) is 0. The Kier molecular flexibility index (Phi) is 4.90. The van der Waals surface area contributed by atoms with Crippen molar-refractivity contribution in [1.29, 1.82) is 0 Å². The molecule has 1 aliphatic heterocycles. The third-order valence-electron chi connectivity index (χ3n) is 4.29. The first kappa shape index (κ1) is 16.6. The van der Waals surface area contributed by atoms with Crippen molar-refractivity contribution in [1.82, 2.24) is 9.88 Å². The van der Waals surface area contributed by atoms with Gasteiger partial charge >= 0.3 is 0 Å². The van der Waals surface area contributed by atoms with E-state index in [9.17, 15) is 4.79 Å². The van der Waals surface area contributed by atoms with Crippen LogP contribution in [-0.2, 0) is 0 Å². The maximum absolute atomic E-state index is 13.0. The van der Waals surface area contributed by atoms with Gasteiger partial charge in [0.05, 0.1) is 25.3 Å². The molecule has 0 bridgehead atoms. The summed E-state index contributed by atoms with van der Waals surface area (Å²) >= 11 is 6.23. The highest BCUT2D eigenvalue weighted by molar-refractivity contribution is 6.32. The molecule has 1 aromatic heterocycles. The zero-order valence-electron chi connectivity index (χ0n) is 13.7. The third-order valence-corrected chi connectivity index (χ3v) is 4.57. The third kappa shape index (κ3) is 3.04. The lowest BCUT2D eigenvalue weighted by molar-refractivity contribution is 0.0735. The predicted molar refractivity (Wildman–Crippen MR) is 91.8 cm³/mol. The largest absolute Gasteiger partial charge is 0.493 e. The minimum absolute atomic E-state index is 0.0582. The molecule has 3 rings (SSSR count). The lowest BCUT2D eigenvalue weighted by Crippen LogP contribution is -2.30. The fourth-order valence-electron chi connectivity index (χ4n) is 3.15. The number of benzene rings is 1. The Hall–Kier alpha value is -2.27. The van der Waals surface area contributed by atoms with E-state index in [-0.39, 0.29) is 11.9 Å². The number of nitrogens with zero attached hydrogens (tertiary/aromatic N) is 2. The summed E-state index contributed by atoms with van der Waals surface area (Å²) in [7, 11) is 3.04. The molecule has 1 aliphatic rings. The molecule has 1 atom stereocenters. The van der Waals surface area contributed by atoms with E-state index in [0.717, 1.165) is 24.9 Å². The smallest absolute Gasteiger partial charge is 0.254 e. The summed E-state index contributed by atoms with van der Waals surface area (Å²) in [4.78, 5) is 18.9. The number of methoxy groups -OCH3 is 2. The molecule has 1 amide bonds. The van der Waals surface area contributed by atoms with Gasteiger partial charge < -0.3 is 14.4 Å². The lowest BCUT2D eigenvalue weighted by atomic mass is 10.1. The molecule has 0 aliphatic carbocycles. The van der Waals surface area contributed by atoms with Crippen LogP contribution < -0.4 is 9.47 Å². The predicted octanol–water partition coefficient (Wildman–Crippen LogP) is 3.73. The van der Waals surface area contributed by atoms with E-state index in [1.165, 1.54) is 14.2 Å². The average Bonchev–Trinajstić information content (AvgIpc) is 3.10. The number of likely N-dealkylation sites (tertiary alicyclic amines) is 1. The normalized spacial score (nSPS) is 17.0. The van der Waals surface area contributed by atoms with Gasteiger partial charge in [0, 0.05) is 24.5 Å². The number of amides is 1. The first-order valence-electron chi connectivity index (χ1n) is 7.78. The molecule has 1 saturated heterocycles. The van der Waals surface area contributed by atoms with Crippen molar-refractivity contribution in [2.45, 2.75) is 18.9 Å². The van der Waals surface area contributed by atoms with Crippen LogP contribution in [0, 0.1) is 0 Å². The van der Waals surface area contributed by atoms with Crippen LogP contribution in [-0.4, -0.2) is 36.6 Å². The number of rotatable bonds is 4. The number of carbonyl (C=O) groups is 1. The van der Waals surface area contributed by atoms with E-state index in [1.54, 1.807) is 24.5 Å². The van der Waals surface area contributed by atoms with Crippen LogP contribution in [0.15, 0.2) is 36.7 Å². The Bertz CT molecular complexity index is 737. The molecule has 1 unspecified atom stereocenters. The van der Waals surface area contributed by atoms with E-state index in [4.69, 9.17) is 21.1 Å². The fourth-order valence-corrected chi connectivity index (χ4v) is 3.44. The van der Waals surface area contributed by atoms with Gasteiger partial charge in [-0.3, -0.25) is 9.78 Å². The molecule has 0 saturated carbocycles. The van der Waals surface area contributed by atoms with E-state index in [2.05, 4.69) is 4.98 Å². The maximum Gasteiger partial charge on any atom is 0.254 e. The highest BCUT2D eigenvalue weighted by Gasteiger charge is 2.31. The summed E-state index contributed by atoms with van der Waals surface area (Å²) in [6.45, 7) is 0.720. The molecule has 0 radical (unpaired) electrons. The summed E-state index contributed by atoms with van der Waals surface area (Å²) in [6.07, 6.45) is 5.42. The first-order valence-corrected chi connectivity index (χ1v) is 8.16. The Balaban J connectivity index is 1.92. The molecule has 5 nitrogen and oxygen atoms in total. The van der Waals surface area contributed by atoms with Gasteiger partial charge in [-0.2, -0.15) is 0 Å². The van der Waals surface area contributed by atoms with Gasteiger partial charge in [-0.05, 0) is 42.7 Å². The van der Waals surface area contributed by atoms with Gasteiger partial charge in [-0.25, -0.2) is 0 Å². The van der Waals surface area contributed by atoms with E-state index in [1.807, 2.05) is 17.0 Å². The Morgan fingerprint density at radius 2 is 2.00 bits per heavy atom. The summed E-state index contributed by atoms with van der Waals surface area (Å²) in [5.41, 5.74) is 1.60. The number of carbonyl (C=O) groups excluding carboxylic acids is 1. The van der Waals surface area contributed by atoms with Crippen LogP contribution in [0.1, 0.15) is 34.8 Å².